The summed E-state index contributed by atoms with van der Waals surface area (Å²) < 4.78 is 11.2. The molecule has 1 aliphatic carbocycles. The zero-order chi connectivity index (χ0) is 20.2. The summed E-state index contributed by atoms with van der Waals surface area (Å²) in [5.74, 6) is 0.466. The lowest BCUT2D eigenvalue weighted by Gasteiger charge is -2.29. The first-order valence-corrected chi connectivity index (χ1v) is 10.5. The third-order valence-electron chi connectivity index (χ3n) is 5.35. The maximum atomic E-state index is 13.2. The van der Waals surface area contributed by atoms with E-state index in [0.717, 1.165) is 38.1 Å². The van der Waals surface area contributed by atoms with Crippen molar-refractivity contribution in [1.82, 2.24) is 9.80 Å². The van der Waals surface area contributed by atoms with Crippen molar-refractivity contribution in [3.05, 3.63) is 59.0 Å². The summed E-state index contributed by atoms with van der Waals surface area (Å²) in [4.78, 5) is 29.7. The number of carbonyl (C=O) groups excluding carboxylic acids is 2. The van der Waals surface area contributed by atoms with Crippen molar-refractivity contribution in [1.29, 1.82) is 0 Å². The molecule has 4 rings (SSSR count). The Labute approximate surface area is 175 Å². The van der Waals surface area contributed by atoms with E-state index in [0.29, 0.717) is 23.7 Å². The molecule has 1 unspecified atom stereocenters. The van der Waals surface area contributed by atoms with Crippen LogP contribution >= 0.6 is 11.6 Å². The predicted octanol–water partition coefficient (Wildman–Crippen LogP) is 3.75. The Morgan fingerprint density at radius 2 is 2.00 bits per heavy atom. The molecule has 2 aliphatic rings. The van der Waals surface area contributed by atoms with Gasteiger partial charge in [0.05, 0.1) is 18.9 Å². The molecule has 2 aromatic rings. The molecule has 154 valence electrons. The molecule has 1 aromatic carbocycles. The quantitative estimate of drug-likeness (QED) is 0.657. The second kappa shape index (κ2) is 9.01. The van der Waals surface area contributed by atoms with Gasteiger partial charge < -0.3 is 19.0 Å². The van der Waals surface area contributed by atoms with Crippen molar-refractivity contribution in [2.24, 2.45) is 0 Å². The summed E-state index contributed by atoms with van der Waals surface area (Å²) in [6, 6.07) is 10.6. The molecule has 2 heterocycles. The Hall–Kier alpha value is -2.31. The van der Waals surface area contributed by atoms with E-state index in [4.69, 9.17) is 20.8 Å². The molecule has 2 fully saturated rings. The molecule has 1 saturated carbocycles. The molecule has 7 heteroatoms. The van der Waals surface area contributed by atoms with Crippen LogP contribution in [0.2, 0.25) is 5.02 Å². The molecule has 0 radical (unpaired) electrons. The zero-order valence-electron chi connectivity index (χ0n) is 16.3. The smallest absolute Gasteiger partial charge is 0.254 e. The van der Waals surface area contributed by atoms with Crippen molar-refractivity contribution >= 4 is 23.4 Å². The van der Waals surface area contributed by atoms with E-state index < -0.39 is 0 Å². The fourth-order valence-electron chi connectivity index (χ4n) is 3.67. The van der Waals surface area contributed by atoms with Gasteiger partial charge in [0, 0.05) is 29.8 Å². The molecular formula is C22H25ClN2O4. The molecule has 1 saturated heterocycles. The van der Waals surface area contributed by atoms with Crippen LogP contribution in [0.4, 0.5) is 0 Å². The molecule has 6 nitrogen and oxygen atoms in total. The van der Waals surface area contributed by atoms with Gasteiger partial charge in [0.15, 0.2) is 0 Å². The number of nitrogens with zero attached hydrogens (tertiary/aromatic N) is 2. The lowest BCUT2D eigenvalue weighted by Crippen LogP contribution is -2.45. The van der Waals surface area contributed by atoms with E-state index in [2.05, 4.69) is 0 Å². The molecule has 1 atom stereocenters. The number of halogens is 1. The summed E-state index contributed by atoms with van der Waals surface area (Å²) in [5.41, 5.74) is 0.508. The molecule has 0 bridgehead atoms. The standard InChI is InChI=1S/C22H25ClN2O4/c23-17-5-1-4-16(12-17)22(27)25(18-8-9-18)15-21(26)24(13-19-6-2-10-28-19)14-20-7-3-11-29-20/h1-2,4-6,10,12,18,20H,3,7-9,11,13-15H2. The number of furan rings is 1. The van der Waals surface area contributed by atoms with E-state index in [1.807, 2.05) is 12.1 Å². The minimum absolute atomic E-state index is 0.0342. The minimum atomic E-state index is -0.154. The fourth-order valence-corrected chi connectivity index (χ4v) is 3.86. The van der Waals surface area contributed by atoms with E-state index in [1.165, 1.54) is 0 Å². The molecule has 2 amide bonds. The first-order chi connectivity index (χ1) is 14.1. The van der Waals surface area contributed by atoms with E-state index in [-0.39, 0.29) is 30.5 Å². The maximum absolute atomic E-state index is 13.2. The normalized spacial score (nSPS) is 18.6. The van der Waals surface area contributed by atoms with Crippen molar-refractivity contribution in [3.8, 4) is 0 Å². The number of benzene rings is 1. The molecule has 1 aliphatic heterocycles. The maximum Gasteiger partial charge on any atom is 0.254 e. The number of amides is 2. The van der Waals surface area contributed by atoms with Crippen LogP contribution in [0.5, 0.6) is 0 Å². The van der Waals surface area contributed by atoms with Crippen LogP contribution in [-0.2, 0) is 16.1 Å². The van der Waals surface area contributed by atoms with E-state index in [9.17, 15) is 9.59 Å². The van der Waals surface area contributed by atoms with Crippen LogP contribution < -0.4 is 0 Å². The number of ether oxygens (including phenoxy) is 1. The highest BCUT2D eigenvalue weighted by Gasteiger charge is 2.36. The first kappa shape index (κ1) is 20.0. The van der Waals surface area contributed by atoms with Gasteiger partial charge in [-0.05, 0) is 56.0 Å². The largest absolute Gasteiger partial charge is 0.467 e. The number of hydrogen-bond donors (Lipinski definition) is 0. The van der Waals surface area contributed by atoms with Crippen LogP contribution in [-0.4, -0.2) is 53.5 Å². The topological polar surface area (TPSA) is 63.0 Å². The third-order valence-corrected chi connectivity index (χ3v) is 5.59. The molecule has 29 heavy (non-hydrogen) atoms. The summed E-state index contributed by atoms with van der Waals surface area (Å²) in [6.45, 7) is 1.65. The Balaban J connectivity index is 1.48. The highest BCUT2D eigenvalue weighted by Crippen LogP contribution is 2.29. The van der Waals surface area contributed by atoms with E-state index >= 15 is 0 Å². The second-order valence-electron chi connectivity index (χ2n) is 7.66. The van der Waals surface area contributed by atoms with Crippen molar-refractivity contribution in [2.75, 3.05) is 19.7 Å². The van der Waals surface area contributed by atoms with Crippen LogP contribution in [0.1, 0.15) is 41.8 Å². The average Bonchev–Trinajstić information content (AvgIpc) is 3.18. The van der Waals surface area contributed by atoms with Gasteiger partial charge in [-0.3, -0.25) is 9.59 Å². The van der Waals surface area contributed by atoms with Crippen LogP contribution in [0.3, 0.4) is 0 Å². The van der Waals surface area contributed by atoms with Gasteiger partial charge in [0.2, 0.25) is 5.91 Å². The van der Waals surface area contributed by atoms with Gasteiger partial charge >= 0.3 is 0 Å². The van der Waals surface area contributed by atoms with Crippen molar-refractivity contribution in [2.45, 2.75) is 44.4 Å². The number of rotatable bonds is 8. The fraction of sp³-hybridized carbons (Fsp3) is 0.455. The molecule has 0 spiro atoms. The minimum Gasteiger partial charge on any atom is -0.467 e. The lowest BCUT2D eigenvalue weighted by molar-refractivity contribution is -0.134. The lowest BCUT2D eigenvalue weighted by atomic mass is 10.2. The zero-order valence-corrected chi connectivity index (χ0v) is 17.0. The highest BCUT2D eigenvalue weighted by atomic mass is 35.5. The Bertz CT molecular complexity index is 844. The first-order valence-electron chi connectivity index (χ1n) is 10.1. The predicted molar refractivity (Wildman–Crippen MR) is 109 cm³/mol. The van der Waals surface area contributed by atoms with Crippen LogP contribution in [0, 0.1) is 0 Å². The van der Waals surface area contributed by atoms with Gasteiger partial charge in [-0.1, -0.05) is 17.7 Å². The van der Waals surface area contributed by atoms with Gasteiger partial charge in [0.25, 0.3) is 5.91 Å². The van der Waals surface area contributed by atoms with Gasteiger partial charge in [-0.15, -0.1) is 0 Å². The summed E-state index contributed by atoms with van der Waals surface area (Å²) in [5, 5.41) is 0.510. The summed E-state index contributed by atoms with van der Waals surface area (Å²) >= 11 is 6.05. The summed E-state index contributed by atoms with van der Waals surface area (Å²) in [6.07, 6.45) is 5.42. The summed E-state index contributed by atoms with van der Waals surface area (Å²) in [7, 11) is 0. The molecule has 1 aromatic heterocycles. The van der Waals surface area contributed by atoms with Crippen molar-refractivity contribution in [3.63, 3.8) is 0 Å². The Morgan fingerprint density at radius 1 is 1.14 bits per heavy atom. The second-order valence-corrected chi connectivity index (χ2v) is 8.10. The third kappa shape index (κ3) is 5.19. The van der Waals surface area contributed by atoms with Gasteiger partial charge in [0.1, 0.15) is 12.3 Å². The van der Waals surface area contributed by atoms with Crippen molar-refractivity contribution < 1.29 is 18.7 Å². The number of hydrogen-bond acceptors (Lipinski definition) is 4. The Morgan fingerprint density at radius 3 is 2.66 bits per heavy atom. The van der Waals surface area contributed by atoms with Crippen LogP contribution in [0.15, 0.2) is 47.1 Å². The Kier molecular flexibility index (Phi) is 6.21. The molecule has 0 N–H and O–H groups in total. The number of carbonyl (C=O) groups is 2. The highest BCUT2D eigenvalue weighted by molar-refractivity contribution is 6.31. The van der Waals surface area contributed by atoms with E-state index in [1.54, 1.807) is 40.3 Å². The average molecular weight is 417 g/mol. The van der Waals surface area contributed by atoms with Gasteiger partial charge in [-0.25, -0.2) is 0 Å². The van der Waals surface area contributed by atoms with Gasteiger partial charge in [-0.2, -0.15) is 0 Å². The monoisotopic (exact) mass is 416 g/mol. The molecular weight excluding hydrogens is 392 g/mol. The SMILES string of the molecule is O=C(CN(C(=O)c1cccc(Cl)c1)C1CC1)N(Cc1ccco1)CC1CCCO1. The van der Waals surface area contributed by atoms with Crippen LogP contribution in [0.25, 0.3) is 0 Å².